The highest BCUT2D eigenvalue weighted by molar-refractivity contribution is 6.04. The van der Waals surface area contributed by atoms with Crippen molar-refractivity contribution >= 4 is 29.2 Å². The maximum absolute atomic E-state index is 13.5. The number of nitrogens with zero attached hydrogens (tertiary/aromatic N) is 4. The third kappa shape index (κ3) is 6.62. The number of aromatic nitrogens is 2. The predicted octanol–water partition coefficient (Wildman–Crippen LogP) is 4.43. The summed E-state index contributed by atoms with van der Waals surface area (Å²) in [6.45, 7) is 10.4. The van der Waals surface area contributed by atoms with Gasteiger partial charge < -0.3 is 24.4 Å². The van der Waals surface area contributed by atoms with Crippen LogP contribution in [0, 0.1) is 6.92 Å². The molecule has 2 heterocycles. The van der Waals surface area contributed by atoms with Crippen molar-refractivity contribution in [3.63, 3.8) is 0 Å². The van der Waals surface area contributed by atoms with E-state index in [9.17, 15) is 19.8 Å². The molecule has 0 aliphatic carbocycles. The lowest BCUT2D eigenvalue weighted by Crippen LogP contribution is -2.43. The predicted molar refractivity (Wildman–Crippen MR) is 162 cm³/mol. The minimum absolute atomic E-state index is 0.0269. The molecule has 1 aliphatic rings. The number of phenols is 1. The SMILES string of the molecule is Cc1ccc(C(=O)Nc2nc3ccc(CN4CCN(C)CC4)cc3n2CC(C)(C)O)cc1Oc1cccc(O)c1C=O. The number of carbonyl (C=O) groups is 2. The number of aliphatic hydroxyl groups is 1. The van der Waals surface area contributed by atoms with Crippen LogP contribution in [0.5, 0.6) is 17.2 Å². The highest BCUT2D eigenvalue weighted by atomic mass is 16.5. The van der Waals surface area contributed by atoms with Gasteiger partial charge in [0, 0.05) is 38.3 Å². The third-order valence-corrected chi connectivity index (χ3v) is 7.42. The number of aldehydes is 1. The van der Waals surface area contributed by atoms with E-state index < -0.39 is 11.5 Å². The Hall–Kier alpha value is -4.25. The summed E-state index contributed by atoms with van der Waals surface area (Å²) in [7, 11) is 2.14. The lowest BCUT2D eigenvalue weighted by molar-refractivity contribution is 0.0630. The number of amides is 1. The van der Waals surface area contributed by atoms with Crippen LogP contribution in [0.3, 0.4) is 0 Å². The van der Waals surface area contributed by atoms with Crippen LogP contribution in [0.25, 0.3) is 11.0 Å². The van der Waals surface area contributed by atoms with Crippen molar-refractivity contribution < 1.29 is 24.5 Å². The Morgan fingerprint density at radius 3 is 2.55 bits per heavy atom. The number of likely N-dealkylation sites (N-methyl/N-ethyl adjacent to an activating group) is 1. The van der Waals surface area contributed by atoms with E-state index in [1.807, 2.05) is 17.6 Å². The summed E-state index contributed by atoms with van der Waals surface area (Å²) in [5.41, 5.74) is 2.73. The summed E-state index contributed by atoms with van der Waals surface area (Å²) in [5, 5.41) is 23.7. The van der Waals surface area contributed by atoms with Gasteiger partial charge in [-0.3, -0.25) is 19.8 Å². The standard InChI is InChI=1S/C32H37N5O5/c1-21-8-10-23(17-29(21)42-28-7-5-6-27(39)24(28)19-38)30(40)34-31-33-25-11-9-22(18-36-14-12-35(4)13-15-36)16-26(25)37(31)20-32(2,3)41/h5-11,16-17,19,39,41H,12-15,18,20H2,1-4H3,(H,33,34,40). The summed E-state index contributed by atoms with van der Waals surface area (Å²) in [6, 6.07) is 15.7. The number of aromatic hydroxyl groups is 1. The van der Waals surface area contributed by atoms with E-state index in [-0.39, 0.29) is 23.6 Å². The number of nitrogens with one attached hydrogen (secondary N) is 1. The number of hydrogen-bond donors (Lipinski definition) is 3. The molecule has 1 aliphatic heterocycles. The van der Waals surface area contributed by atoms with Gasteiger partial charge in [0.15, 0.2) is 6.29 Å². The molecule has 3 aromatic carbocycles. The van der Waals surface area contributed by atoms with Crippen molar-refractivity contribution in [2.75, 3.05) is 38.5 Å². The molecule has 1 fully saturated rings. The number of imidazole rings is 1. The second-order valence-corrected chi connectivity index (χ2v) is 11.6. The number of ether oxygens (including phenoxy) is 1. The largest absolute Gasteiger partial charge is 0.507 e. The first-order chi connectivity index (χ1) is 20.0. The van der Waals surface area contributed by atoms with Crippen molar-refractivity contribution in [2.24, 2.45) is 0 Å². The van der Waals surface area contributed by atoms with E-state index in [2.05, 4.69) is 34.3 Å². The van der Waals surface area contributed by atoms with Gasteiger partial charge in [0.25, 0.3) is 5.91 Å². The first-order valence-electron chi connectivity index (χ1n) is 14.0. The number of piperazine rings is 1. The van der Waals surface area contributed by atoms with E-state index in [1.165, 1.54) is 6.07 Å². The third-order valence-electron chi connectivity index (χ3n) is 7.42. The zero-order chi connectivity index (χ0) is 30.0. The maximum Gasteiger partial charge on any atom is 0.258 e. The number of fused-ring (bicyclic) bond motifs is 1. The van der Waals surface area contributed by atoms with Crippen LogP contribution in [0.15, 0.2) is 54.6 Å². The van der Waals surface area contributed by atoms with Crippen molar-refractivity contribution in [1.29, 1.82) is 0 Å². The van der Waals surface area contributed by atoms with Crippen LogP contribution in [-0.4, -0.2) is 80.6 Å². The van der Waals surface area contributed by atoms with E-state index in [0.29, 0.717) is 23.5 Å². The molecule has 220 valence electrons. The molecular formula is C32H37N5O5. The van der Waals surface area contributed by atoms with E-state index >= 15 is 0 Å². The Balaban J connectivity index is 1.42. The zero-order valence-corrected chi connectivity index (χ0v) is 24.4. The molecule has 1 aromatic heterocycles. The van der Waals surface area contributed by atoms with Gasteiger partial charge in [-0.25, -0.2) is 4.98 Å². The Morgan fingerprint density at radius 1 is 1.07 bits per heavy atom. The average molecular weight is 572 g/mol. The van der Waals surface area contributed by atoms with E-state index in [0.717, 1.165) is 54.9 Å². The van der Waals surface area contributed by atoms with Crippen LogP contribution in [0.4, 0.5) is 5.95 Å². The molecule has 0 spiro atoms. The van der Waals surface area contributed by atoms with Crippen molar-refractivity contribution in [2.45, 2.75) is 39.5 Å². The highest BCUT2D eigenvalue weighted by Gasteiger charge is 2.22. The maximum atomic E-state index is 13.5. The fourth-order valence-electron chi connectivity index (χ4n) is 5.06. The molecule has 0 saturated carbocycles. The second-order valence-electron chi connectivity index (χ2n) is 11.6. The number of rotatable bonds is 9. The fraction of sp³-hybridized carbons (Fsp3) is 0.344. The van der Waals surface area contributed by atoms with Gasteiger partial charge in [-0.2, -0.15) is 0 Å². The molecule has 42 heavy (non-hydrogen) atoms. The van der Waals surface area contributed by atoms with Crippen molar-refractivity contribution in [3.8, 4) is 17.2 Å². The molecule has 1 saturated heterocycles. The minimum atomic E-state index is -1.05. The van der Waals surface area contributed by atoms with Gasteiger partial charge in [-0.05, 0) is 75.3 Å². The molecule has 10 heteroatoms. The van der Waals surface area contributed by atoms with E-state index in [1.54, 1.807) is 44.2 Å². The number of carbonyl (C=O) groups excluding carboxylic acids is 2. The summed E-state index contributed by atoms with van der Waals surface area (Å²) in [6.07, 6.45) is 0.528. The van der Waals surface area contributed by atoms with Crippen LogP contribution < -0.4 is 10.1 Å². The Kier molecular flexibility index (Phi) is 8.31. The molecule has 1 amide bonds. The molecule has 0 unspecified atom stereocenters. The van der Waals surface area contributed by atoms with Crippen molar-refractivity contribution in [1.82, 2.24) is 19.4 Å². The summed E-state index contributed by atoms with van der Waals surface area (Å²) < 4.78 is 7.78. The van der Waals surface area contributed by atoms with Crippen LogP contribution in [0.1, 0.15) is 45.7 Å². The summed E-state index contributed by atoms with van der Waals surface area (Å²) in [5.74, 6) is 0.288. The summed E-state index contributed by atoms with van der Waals surface area (Å²) >= 11 is 0. The molecule has 0 bridgehead atoms. The molecule has 0 radical (unpaired) electrons. The molecule has 4 aromatic rings. The quantitative estimate of drug-likeness (QED) is 0.253. The smallest absolute Gasteiger partial charge is 0.258 e. The zero-order valence-electron chi connectivity index (χ0n) is 24.4. The van der Waals surface area contributed by atoms with Gasteiger partial charge in [0.05, 0.1) is 28.7 Å². The first kappa shape index (κ1) is 29.2. The summed E-state index contributed by atoms with van der Waals surface area (Å²) in [4.78, 5) is 34.4. The molecule has 0 atom stereocenters. The van der Waals surface area contributed by atoms with Gasteiger partial charge in [-0.1, -0.05) is 18.2 Å². The van der Waals surface area contributed by atoms with Gasteiger partial charge >= 0.3 is 0 Å². The Labute approximate surface area is 245 Å². The van der Waals surface area contributed by atoms with Crippen LogP contribution >= 0.6 is 0 Å². The fourth-order valence-corrected chi connectivity index (χ4v) is 5.06. The molecular weight excluding hydrogens is 534 g/mol. The number of benzene rings is 3. The molecule has 5 rings (SSSR count). The lowest BCUT2D eigenvalue weighted by atomic mass is 10.1. The van der Waals surface area contributed by atoms with Crippen molar-refractivity contribution in [3.05, 3.63) is 76.9 Å². The molecule has 3 N–H and O–H groups in total. The Bertz CT molecular complexity index is 1620. The molecule has 10 nitrogen and oxygen atoms in total. The minimum Gasteiger partial charge on any atom is -0.507 e. The van der Waals surface area contributed by atoms with Gasteiger partial charge in [0.2, 0.25) is 5.95 Å². The second kappa shape index (κ2) is 11.9. The lowest BCUT2D eigenvalue weighted by Gasteiger charge is -2.32. The number of hydrogen-bond acceptors (Lipinski definition) is 8. The highest BCUT2D eigenvalue weighted by Crippen LogP contribution is 2.32. The number of anilines is 1. The van der Waals surface area contributed by atoms with Gasteiger partial charge in [0.1, 0.15) is 17.2 Å². The van der Waals surface area contributed by atoms with E-state index in [4.69, 9.17) is 9.72 Å². The monoisotopic (exact) mass is 571 g/mol. The average Bonchev–Trinajstić information content (AvgIpc) is 3.26. The van der Waals surface area contributed by atoms with Crippen LogP contribution in [0.2, 0.25) is 0 Å². The topological polar surface area (TPSA) is 120 Å². The number of phenolic OH excluding ortho intramolecular Hbond substituents is 1. The van der Waals surface area contributed by atoms with Crippen LogP contribution in [-0.2, 0) is 13.1 Å². The normalized spacial score (nSPS) is 14.7. The number of aryl methyl sites for hydroxylation is 1. The Morgan fingerprint density at radius 2 is 1.83 bits per heavy atom. The first-order valence-corrected chi connectivity index (χ1v) is 14.0. The van der Waals surface area contributed by atoms with Gasteiger partial charge in [-0.15, -0.1) is 0 Å².